The largest absolute Gasteiger partial charge is 0.361 e. The summed E-state index contributed by atoms with van der Waals surface area (Å²) in [6, 6.07) is 10.1. The lowest BCUT2D eigenvalue weighted by Crippen LogP contribution is -2.38. The average Bonchev–Trinajstić information content (AvgIpc) is 2.97. The van der Waals surface area contributed by atoms with Crippen molar-refractivity contribution in [2.75, 3.05) is 6.54 Å². The number of hydrogen-bond donors (Lipinski definition) is 2. The summed E-state index contributed by atoms with van der Waals surface area (Å²) in [5.41, 5.74) is 1.13. The van der Waals surface area contributed by atoms with Gasteiger partial charge in [0.2, 0.25) is 0 Å². The van der Waals surface area contributed by atoms with Gasteiger partial charge in [0, 0.05) is 6.54 Å². The summed E-state index contributed by atoms with van der Waals surface area (Å²) in [5.74, 6) is 0. The van der Waals surface area contributed by atoms with E-state index in [1.54, 1.807) is 0 Å². The molecule has 2 N–H and O–H groups in total. The van der Waals surface area contributed by atoms with E-state index in [9.17, 15) is 10.1 Å². The molecule has 8 heteroatoms. The molecule has 0 radical (unpaired) electrons. The first-order valence-corrected chi connectivity index (χ1v) is 7.23. The molecule has 0 aliphatic carbocycles. The van der Waals surface area contributed by atoms with E-state index < -0.39 is 4.92 Å². The standard InChI is InChI=1S/C14H17N5O2S/c1-11(12-5-3-2-4-6-12)17-14(22)15-7-8-18-10-13(9-16-18)19(20)21/h2-6,9-11H,7-8H2,1H3,(H2,15,17,22). The molecule has 1 aromatic carbocycles. The summed E-state index contributed by atoms with van der Waals surface area (Å²) in [4.78, 5) is 10.1. The van der Waals surface area contributed by atoms with E-state index in [2.05, 4.69) is 15.7 Å². The van der Waals surface area contributed by atoms with Crippen LogP contribution in [0.5, 0.6) is 0 Å². The Labute approximate surface area is 133 Å². The van der Waals surface area contributed by atoms with Gasteiger partial charge in [-0.25, -0.2) is 0 Å². The monoisotopic (exact) mass is 319 g/mol. The molecule has 0 aliphatic heterocycles. The zero-order valence-electron chi connectivity index (χ0n) is 12.1. The molecule has 1 heterocycles. The molecule has 0 saturated carbocycles. The van der Waals surface area contributed by atoms with E-state index in [-0.39, 0.29) is 11.7 Å². The van der Waals surface area contributed by atoms with E-state index in [1.165, 1.54) is 17.1 Å². The van der Waals surface area contributed by atoms with Gasteiger partial charge in [-0.05, 0) is 24.7 Å². The lowest BCUT2D eigenvalue weighted by molar-refractivity contribution is -0.385. The number of aromatic nitrogens is 2. The maximum atomic E-state index is 10.6. The summed E-state index contributed by atoms with van der Waals surface area (Å²) in [6.45, 7) is 3.06. The van der Waals surface area contributed by atoms with Crippen molar-refractivity contribution in [2.45, 2.75) is 19.5 Å². The van der Waals surface area contributed by atoms with E-state index in [0.29, 0.717) is 18.2 Å². The third-order valence-corrected chi connectivity index (χ3v) is 3.37. The smallest absolute Gasteiger partial charge is 0.306 e. The summed E-state index contributed by atoms with van der Waals surface area (Å²) >= 11 is 5.23. The molecule has 0 fully saturated rings. The van der Waals surface area contributed by atoms with Crippen LogP contribution in [0.25, 0.3) is 0 Å². The van der Waals surface area contributed by atoms with Gasteiger partial charge in [0.05, 0.1) is 17.5 Å². The fourth-order valence-corrected chi connectivity index (χ4v) is 2.20. The lowest BCUT2D eigenvalue weighted by Gasteiger charge is -2.17. The highest BCUT2D eigenvalue weighted by atomic mass is 32.1. The minimum atomic E-state index is -0.468. The molecule has 2 aromatic rings. The first-order valence-electron chi connectivity index (χ1n) is 6.82. The number of thiocarbonyl (C=S) groups is 1. The topological polar surface area (TPSA) is 85.0 Å². The Kier molecular flexibility index (Phi) is 5.42. The van der Waals surface area contributed by atoms with Gasteiger partial charge in [-0.15, -0.1) is 0 Å². The molecule has 1 aromatic heterocycles. The van der Waals surface area contributed by atoms with Gasteiger partial charge in [-0.3, -0.25) is 14.8 Å². The zero-order valence-corrected chi connectivity index (χ0v) is 12.9. The fraction of sp³-hybridized carbons (Fsp3) is 0.286. The number of nitro groups is 1. The molecule has 0 aliphatic rings. The Hall–Kier alpha value is -2.48. The van der Waals surface area contributed by atoms with E-state index in [1.807, 2.05) is 37.3 Å². The maximum Gasteiger partial charge on any atom is 0.306 e. The van der Waals surface area contributed by atoms with Crippen LogP contribution in [0, 0.1) is 10.1 Å². The summed E-state index contributed by atoms with van der Waals surface area (Å²) in [6.07, 6.45) is 2.62. The molecular formula is C14H17N5O2S. The predicted octanol–water partition coefficient (Wildman–Crippen LogP) is 2.02. The van der Waals surface area contributed by atoms with Crippen molar-refractivity contribution < 1.29 is 4.92 Å². The molecular weight excluding hydrogens is 302 g/mol. The molecule has 2 rings (SSSR count). The zero-order chi connectivity index (χ0) is 15.9. The Morgan fingerprint density at radius 3 is 2.82 bits per heavy atom. The third-order valence-electron chi connectivity index (χ3n) is 3.10. The highest BCUT2D eigenvalue weighted by Gasteiger charge is 2.09. The van der Waals surface area contributed by atoms with Crippen LogP contribution >= 0.6 is 12.2 Å². The normalized spacial score (nSPS) is 11.7. The molecule has 0 bridgehead atoms. The second-order valence-corrected chi connectivity index (χ2v) is 5.16. The van der Waals surface area contributed by atoms with E-state index >= 15 is 0 Å². The highest BCUT2D eigenvalue weighted by molar-refractivity contribution is 7.80. The number of nitrogens with one attached hydrogen (secondary N) is 2. The van der Waals surface area contributed by atoms with Gasteiger partial charge < -0.3 is 10.6 Å². The SMILES string of the molecule is CC(NC(=S)NCCn1cc([N+](=O)[O-])cn1)c1ccccc1. The number of rotatable bonds is 6. The second-order valence-electron chi connectivity index (χ2n) is 4.75. The van der Waals surface area contributed by atoms with Crippen molar-refractivity contribution in [1.29, 1.82) is 0 Å². The highest BCUT2D eigenvalue weighted by Crippen LogP contribution is 2.10. The van der Waals surface area contributed by atoms with Crippen molar-refractivity contribution >= 4 is 23.0 Å². The Morgan fingerprint density at radius 1 is 1.45 bits per heavy atom. The van der Waals surface area contributed by atoms with Gasteiger partial charge in [0.1, 0.15) is 12.4 Å². The van der Waals surface area contributed by atoms with Crippen LogP contribution < -0.4 is 10.6 Å². The van der Waals surface area contributed by atoms with Crippen molar-refractivity contribution in [3.05, 3.63) is 58.4 Å². The maximum absolute atomic E-state index is 10.6. The lowest BCUT2D eigenvalue weighted by atomic mass is 10.1. The Bertz CT molecular complexity index is 644. The number of benzene rings is 1. The van der Waals surface area contributed by atoms with Crippen LogP contribution in [0.15, 0.2) is 42.7 Å². The Balaban J connectivity index is 1.74. The minimum absolute atomic E-state index is 0.0154. The van der Waals surface area contributed by atoms with E-state index in [4.69, 9.17) is 12.2 Å². The third kappa shape index (κ3) is 4.52. The first-order chi connectivity index (χ1) is 10.6. The van der Waals surface area contributed by atoms with Gasteiger partial charge >= 0.3 is 5.69 Å². The average molecular weight is 319 g/mol. The van der Waals surface area contributed by atoms with Gasteiger partial charge in [0.15, 0.2) is 5.11 Å². The van der Waals surface area contributed by atoms with Crippen LogP contribution in [0.2, 0.25) is 0 Å². The van der Waals surface area contributed by atoms with E-state index in [0.717, 1.165) is 5.56 Å². The molecule has 7 nitrogen and oxygen atoms in total. The molecule has 1 unspecified atom stereocenters. The quantitative estimate of drug-likeness (QED) is 0.481. The van der Waals surface area contributed by atoms with Gasteiger partial charge in [-0.2, -0.15) is 5.10 Å². The van der Waals surface area contributed by atoms with Crippen LogP contribution in [-0.2, 0) is 6.54 Å². The summed E-state index contributed by atoms with van der Waals surface area (Å²) < 4.78 is 1.51. The number of hydrogen-bond acceptors (Lipinski definition) is 4. The molecule has 1 atom stereocenters. The summed E-state index contributed by atoms with van der Waals surface area (Å²) in [5, 5.41) is 21.3. The first kappa shape index (κ1) is 15.9. The van der Waals surface area contributed by atoms with Crippen molar-refractivity contribution in [2.24, 2.45) is 0 Å². The second kappa shape index (κ2) is 7.51. The minimum Gasteiger partial charge on any atom is -0.361 e. The van der Waals surface area contributed by atoms with Crippen molar-refractivity contribution in [3.63, 3.8) is 0 Å². The van der Waals surface area contributed by atoms with Crippen LogP contribution in [0.3, 0.4) is 0 Å². The fourth-order valence-electron chi connectivity index (χ4n) is 1.93. The number of nitrogens with zero attached hydrogens (tertiary/aromatic N) is 3. The molecule has 0 saturated heterocycles. The molecule has 116 valence electrons. The van der Waals surface area contributed by atoms with Crippen LogP contribution in [-0.4, -0.2) is 26.4 Å². The van der Waals surface area contributed by atoms with Crippen LogP contribution in [0.4, 0.5) is 5.69 Å². The Morgan fingerprint density at radius 2 is 2.18 bits per heavy atom. The molecule has 0 spiro atoms. The molecule has 0 amide bonds. The molecule has 22 heavy (non-hydrogen) atoms. The van der Waals surface area contributed by atoms with Crippen LogP contribution in [0.1, 0.15) is 18.5 Å². The van der Waals surface area contributed by atoms with Crippen molar-refractivity contribution in [3.8, 4) is 0 Å². The summed E-state index contributed by atoms with van der Waals surface area (Å²) in [7, 11) is 0. The van der Waals surface area contributed by atoms with Gasteiger partial charge in [0.25, 0.3) is 0 Å². The van der Waals surface area contributed by atoms with Gasteiger partial charge in [-0.1, -0.05) is 30.3 Å². The van der Waals surface area contributed by atoms with Crippen molar-refractivity contribution in [1.82, 2.24) is 20.4 Å². The predicted molar refractivity (Wildman–Crippen MR) is 87.5 cm³/mol.